The number of aromatic nitrogens is 2. The van der Waals surface area contributed by atoms with Crippen LogP contribution < -0.4 is 14.8 Å². The van der Waals surface area contributed by atoms with Gasteiger partial charge in [-0.25, -0.2) is 0 Å². The molecule has 2 aromatic carbocycles. The largest absolute Gasteiger partial charge is 0.495 e. The first-order valence-corrected chi connectivity index (χ1v) is 7.16. The smallest absolute Gasteiger partial charge is 0.320 e. The molecule has 0 saturated heterocycles. The quantitative estimate of drug-likeness (QED) is 0.748. The fourth-order valence-electron chi connectivity index (χ4n) is 2.01. The highest BCUT2D eigenvalue weighted by Gasteiger charge is 2.09. The maximum Gasteiger partial charge on any atom is 0.320 e. The van der Waals surface area contributed by atoms with Crippen molar-refractivity contribution in [3.8, 4) is 11.5 Å². The molecule has 1 aromatic heterocycles. The fourth-order valence-corrected chi connectivity index (χ4v) is 2.01. The van der Waals surface area contributed by atoms with Gasteiger partial charge >= 0.3 is 6.01 Å². The molecule has 0 aliphatic carbocycles. The standard InChI is InChI=1S/C17H17N3O3/c1-12-7-9-13(10-8-12)22-11-16-19-20-17(23-16)18-14-5-3-4-6-15(14)21-2/h3-10H,11H2,1-2H3,(H,18,20). The number of benzene rings is 2. The molecule has 0 fully saturated rings. The predicted molar refractivity (Wildman–Crippen MR) is 86.1 cm³/mol. The number of nitrogens with zero attached hydrogens (tertiary/aromatic N) is 2. The molecule has 0 unspecified atom stereocenters. The zero-order valence-corrected chi connectivity index (χ0v) is 12.9. The summed E-state index contributed by atoms with van der Waals surface area (Å²) >= 11 is 0. The SMILES string of the molecule is COc1ccccc1Nc1nnc(COc2ccc(C)cc2)o1. The monoisotopic (exact) mass is 311 g/mol. The average molecular weight is 311 g/mol. The molecule has 3 aromatic rings. The van der Waals surface area contributed by atoms with Crippen LogP contribution in [0.1, 0.15) is 11.5 Å². The normalized spacial score (nSPS) is 10.3. The Kier molecular flexibility index (Phi) is 4.42. The fraction of sp³-hybridized carbons (Fsp3) is 0.176. The summed E-state index contributed by atoms with van der Waals surface area (Å²) in [6.07, 6.45) is 0. The maximum atomic E-state index is 5.61. The van der Waals surface area contributed by atoms with Crippen molar-refractivity contribution in [1.82, 2.24) is 10.2 Å². The van der Waals surface area contributed by atoms with Crippen LogP contribution >= 0.6 is 0 Å². The number of anilines is 2. The van der Waals surface area contributed by atoms with Gasteiger partial charge in [-0.05, 0) is 31.2 Å². The topological polar surface area (TPSA) is 69.4 Å². The first kappa shape index (κ1) is 14.9. The number of nitrogens with one attached hydrogen (secondary N) is 1. The van der Waals surface area contributed by atoms with Gasteiger partial charge < -0.3 is 19.2 Å². The van der Waals surface area contributed by atoms with Gasteiger partial charge in [0.05, 0.1) is 12.8 Å². The Morgan fingerprint density at radius 1 is 1.04 bits per heavy atom. The summed E-state index contributed by atoms with van der Waals surface area (Å²) in [5, 5.41) is 10.9. The number of para-hydroxylation sites is 2. The van der Waals surface area contributed by atoms with Crippen LogP contribution in [0, 0.1) is 6.92 Å². The average Bonchev–Trinajstić information content (AvgIpc) is 3.02. The lowest BCUT2D eigenvalue weighted by Gasteiger charge is -2.07. The van der Waals surface area contributed by atoms with Crippen molar-refractivity contribution in [2.75, 3.05) is 12.4 Å². The highest BCUT2D eigenvalue weighted by Crippen LogP contribution is 2.26. The van der Waals surface area contributed by atoms with E-state index in [1.54, 1.807) is 7.11 Å². The van der Waals surface area contributed by atoms with Crippen LogP contribution in [0.4, 0.5) is 11.7 Å². The second kappa shape index (κ2) is 6.83. The molecule has 6 heteroatoms. The van der Waals surface area contributed by atoms with E-state index >= 15 is 0 Å². The highest BCUT2D eigenvalue weighted by molar-refractivity contribution is 5.61. The van der Waals surface area contributed by atoms with E-state index in [9.17, 15) is 0 Å². The van der Waals surface area contributed by atoms with E-state index in [4.69, 9.17) is 13.9 Å². The van der Waals surface area contributed by atoms with Crippen LogP contribution in [-0.4, -0.2) is 17.3 Å². The van der Waals surface area contributed by atoms with Crippen molar-refractivity contribution in [3.63, 3.8) is 0 Å². The Bertz CT molecular complexity index is 769. The van der Waals surface area contributed by atoms with Crippen molar-refractivity contribution < 1.29 is 13.9 Å². The molecule has 0 spiro atoms. The highest BCUT2D eigenvalue weighted by atomic mass is 16.5. The summed E-state index contributed by atoms with van der Waals surface area (Å²) < 4.78 is 16.4. The molecule has 0 radical (unpaired) electrons. The van der Waals surface area contributed by atoms with Crippen LogP contribution in [0.25, 0.3) is 0 Å². The molecular weight excluding hydrogens is 294 g/mol. The molecule has 0 saturated carbocycles. The first-order chi connectivity index (χ1) is 11.2. The van der Waals surface area contributed by atoms with Crippen molar-refractivity contribution in [3.05, 3.63) is 60.0 Å². The number of hydrogen-bond donors (Lipinski definition) is 1. The number of aryl methyl sites for hydroxylation is 1. The molecule has 0 bridgehead atoms. The molecule has 118 valence electrons. The third-order valence-corrected chi connectivity index (χ3v) is 3.20. The Balaban J connectivity index is 1.62. The van der Waals surface area contributed by atoms with Gasteiger partial charge in [-0.1, -0.05) is 34.9 Å². The van der Waals surface area contributed by atoms with Crippen LogP contribution in [-0.2, 0) is 6.61 Å². The molecule has 23 heavy (non-hydrogen) atoms. The van der Waals surface area contributed by atoms with Gasteiger partial charge in [0, 0.05) is 0 Å². The molecule has 0 aliphatic rings. The maximum absolute atomic E-state index is 5.61. The van der Waals surface area contributed by atoms with Gasteiger partial charge in [0.15, 0.2) is 6.61 Å². The molecule has 3 rings (SSSR count). The zero-order valence-electron chi connectivity index (χ0n) is 12.9. The zero-order chi connectivity index (χ0) is 16.1. The minimum Gasteiger partial charge on any atom is -0.495 e. The van der Waals surface area contributed by atoms with Gasteiger partial charge in [0.1, 0.15) is 11.5 Å². The Labute approximate surface area is 134 Å². The molecule has 1 heterocycles. The van der Waals surface area contributed by atoms with Gasteiger partial charge in [-0.15, -0.1) is 5.10 Å². The molecule has 0 aliphatic heterocycles. The number of methoxy groups -OCH3 is 1. The van der Waals surface area contributed by atoms with E-state index in [0.717, 1.165) is 11.4 Å². The second-order valence-corrected chi connectivity index (χ2v) is 4.93. The third kappa shape index (κ3) is 3.79. The lowest BCUT2D eigenvalue weighted by molar-refractivity contribution is 0.265. The van der Waals surface area contributed by atoms with Crippen molar-refractivity contribution >= 4 is 11.7 Å². The van der Waals surface area contributed by atoms with Gasteiger partial charge in [0.2, 0.25) is 0 Å². The van der Waals surface area contributed by atoms with E-state index in [-0.39, 0.29) is 12.6 Å². The summed E-state index contributed by atoms with van der Waals surface area (Å²) in [6.45, 7) is 2.24. The van der Waals surface area contributed by atoms with Gasteiger partial charge in [-0.2, -0.15) is 0 Å². The molecule has 0 atom stereocenters. The lowest BCUT2D eigenvalue weighted by Crippen LogP contribution is -1.95. The van der Waals surface area contributed by atoms with E-state index in [1.165, 1.54) is 5.56 Å². The van der Waals surface area contributed by atoms with Crippen molar-refractivity contribution in [1.29, 1.82) is 0 Å². The third-order valence-electron chi connectivity index (χ3n) is 3.20. The van der Waals surface area contributed by atoms with Crippen molar-refractivity contribution in [2.45, 2.75) is 13.5 Å². The molecular formula is C17H17N3O3. The molecule has 1 N–H and O–H groups in total. The minimum atomic E-state index is 0.212. The Hall–Kier alpha value is -3.02. The molecule has 6 nitrogen and oxygen atoms in total. The van der Waals surface area contributed by atoms with E-state index in [1.807, 2.05) is 55.5 Å². The number of ether oxygens (including phenoxy) is 2. The first-order valence-electron chi connectivity index (χ1n) is 7.16. The van der Waals surface area contributed by atoms with Crippen LogP contribution in [0.15, 0.2) is 52.9 Å². The van der Waals surface area contributed by atoms with Crippen molar-refractivity contribution in [2.24, 2.45) is 0 Å². The molecule has 0 amide bonds. The second-order valence-electron chi connectivity index (χ2n) is 4.93. The summed E-state index contributed by atoms with van der Waals surface area (Å²) in [6, 6.07) is 15.6. The van der Waals surface area contributed by atoms with E-state index in [2.05, 4.69) is 15.5 Å². The van der Waals surface area contributed by atoms with Gasteiger partial charge in [-0.3, -0.25) is 0 Å². The summed E-state index contributed by atoms with van der Waals surface area (Å²) in [5.74, 6) is 1.85. The summed E-state index contributed by atoms with van der Waals surface area (Å²) in [4.78, 5) is 0. The van der Waals surface area contributed by atoms with E-state index < -0.39 is 0 Å². The summed E-state index contributed by atoms with van der Waals surface area (Å²) in [5.41, 5.74) is 1.93. The number of rotatable bonds is 6. The summed E-state index contributed by atoms with van der Waals surface area (Å²) in [7, 11) is 1.61. The van der Waals surface area contributed by atoms with Gasteiger partial charge in [0.25, 0.3) is 5.89 Å². The lowest BCUT2D eigenvalue weighted by atomic mass is 10.2. The Morgan fingerprint density at radius 3 is 2.61 bits per heavy atom. The van der Waals surface area contributed by atoms with E-state index in [0.29, 0.717) is 11.6 Å². The Morgan fingerprint density at radius 2 is 1.83 bits per heavy atom. The minimum absolute atomic E-state index is 0.212. The van der Waals surface area contributed by atoms with Crippen LogP contribution in [0.2, 0.25) is 0 Å². The van der Waals surface area contributed by atoms with Crippen LogP contribution in [0.3, 0.4) is 0 Å². The predicted octanol–water partition coefficient (Wildman–Crippen LogP) is 3.71. The number of hydrogen-bond acceptors (Lipinski definition) is 6. The van der Waals surface area contributed by atoms with Crippen LogP contribution in [0.5, 0.6) is 11.5 Å².